The van der Waals surface area contributed by atoms with Gasteiger partial charge < -0.3 is 30.7 Å². The Morgan fingerprint density at radius 1 is 0.980 bits per heavy atom. The lowest BCUT2D eigenvalue weighted by Gasteiger charge is -2.36. The maximum absolute atomic E-state index is 15.7. The Morgan fingerprint density at radius 3 is 2.32 bits per heavy atom. The summed E-state index contributed by atoms with van der Waals surface area (Å²) < 4.78 is 46.3. The smallest absolute Gasteiger partial charge is 0.348 e. The average molecular weight is 711 g/mol. The molecule has 1 aliphatic heterocycles. The van der Waals surface area contributed by atoms with Gasteiger partial charge in [-0.3, -0.25) is 14.4 Å². The zero-order valence-corrected chi connectivity index (χ0v) is 29.2. The van der Waals surface area contributed by atoms with Gasteiger partial charge in [-0.15, -0.1) is 0 Å². The molecule has 267 valence electrons. The first-order chi connectivity index (χ1) is 23.9. The number of carbonyl (C=O) groups excluding carboxylic acids is 4. The van der Waals surface area contributed by atoms with Crippen LogP contribution in [0.25, 0.3) is 0 Å². The summed E-state index contributed by atoms with van der Waals surface area (Å²) in [6.45, 7) is 4.06. The molecule has 3 fully saturated rings. The van der Waals surface area contributed by atoms with Crippen LogP contribution in [0.5, 0.6) is 0 Å². The van der Waals surface area contributed by atoms with Gasteiger partial charge in [-0.2, -0.15) is 14.0 Å². The Labute approximate surface area is 291 Å². The normalized spacial score (nSPS) is 18.5. The van der Waals surface area contributed by atoms with E-state index < -0.39 is 55.7 Å². The number of nitrogens with one attached hydrogen (secondary N) is 4. The summed E-state index contributed by atoms with van der Waals surface area (Å²) in [4.78, 5) is 59.2. The van der Waals surface area contributed by atoms with E-state index in [9.17, 15) is 19.2 Å². The summed E-state index contributed by atoms with van der Waals surface area (Å²) in [6.07, 6.45) is 5.30. The Morgan fingerprint density at radius 2 is 1.68 bits per heavy atom. The van der Waals surface area contributed by atoms with E-state index in [4.69, 9.17) is 5.26 Å². The van der Waals surface area contributed by atoms with Gasteiger partial charge in [0, 0.05) is 43.7 Å². The van der Waals surface area contributed by atoms with Crippen LogP contribution in [0.4, 0.5) is 28.4 Å². The highest BCUT2D eigenvalue weighted by molar-refractivity contribution is 6.92. The number of hydrogen-bond donors (Lipinski definition) is 4. The van der Waals surface area contributed by atoms with Gasteiger partial charge >= 0.3 is 12.0 Å². The predicted octanol–water partition coefficient (Wildman–Crippen LogP) is 4.75. The number of anilines is 1. The van der Waals surface area contributed by atoms with E-state index in [2.05, 4.69) is 25.8 Å². The van der Waals surface area contributed by atoms with Gasteiger partial charge in [0.2, 0.25) is 11.4 Å². The lowest BCUT2D eigenvalue weighted by molar-refractivity contribution is -0.145. The number of nitrogens with zero attached hydrogens (tertiary/aromatic N) is 3. The first kappa shape index (κ1) is 36.8. The van der Waals surface area contributed by atoms with Crippen LogP contribution in [0, 0.1) is 17.1 Å². The fraction of sp³-hybridized carbons (Fsp3) is 0.514. The standard InChI is InChI=1S/C35H43F3N7O4Si/c1-22(30(42-33(48)40-26-12-13-26)31(46)45-17-15-44(2)16-18-45)24-11-14-29(28(36)20-24)41-34(49)50(27-9-4-3-5-10-27)43-32(47)35(37,38)25-8-6-7-23(19-25)21-39/h6-8,11,14,19-20,22,26-27,30H,3-5,9-10,12-13,15-18H2,1-2H3,(H,41,49)(H,43,47)(H2,40,42,48)/t22-,30+/m0/s1. The van der Waals surface area contributed by atoms with Gasteiger partial charge in [-0.05, 0) is 55.3 Å². The predicted molar refractivity (Wildman–Crippen MR) is 182 cm³/mol. The summed E-state index contributed by atoms with van der Waals surface area (Å²) in [5.41, 5.74) is -1.59. The Kier molecular flexibility index (Phi) is 11.8. The highest BCUT2D eigenvalue weighted by Crippen LogP contribution is 2.34. The number of carbonyl (C=O) groups is 4. The number of hydrogen-bond acceptors (Lipinski definition) is 6. The Bertz CT molecular complexity index is 1620. The van der Waals surface area contributed by atoms with Crippen molar-refractivity contribution in [3.05, 3.63) is 65.0 Å². The van der Waals surface area contributed by atoms with Crippen LogP contribution in [-0.2, 0) is 15.5 Å². The topological polar surface area (TPSA) is 147 Å². The monoisotopic (exact) mass is 710 g/mol. The summed E-state index contributed by atoms with van der Waals surface area (Å²) in [6, 6.07) is 9.04. The first-order valence-corrected chi connectivity index (χ1v) is 18.7. The maximum atomic E-state index is 15.7. The van der Waals surface area contributed by atoms with Crippen molar-refractivity contribution < 1.29 is 32.3 Å². The van der Waals surface area contributed by atoms with Crippen LogP contribution in [0.15, 0.2) is 42.5 Å². The number of nitriles is 1. The lowest BCUT2D eigenvalue weighted by atomic mass is 9.91. The molecule has 2 aromatic carbocycles. The Hall–Kier alpha value is -4.42. The molecule has 5 rings (SSSR count). The average Bonchev–Trinajstić information content (AvgIpc) is 3.94. The molecule has 11 nitrogen and oxygen atoms in total. The third-order valence-corrected chi connectivity index (χ3v) is 12.2. The van der Waals surface area contributed by atoms with Crippen LogP contribution in [0.3, 0.4) is 0 Å². The molecule has 2 atom stereocenters. The van der Waals surface area contributed by atoms with E-state index in [-0.39, 0.29) is 28.7 Å². The third-order valence-electron chi connectivity index (χ3n) is 9.69. The minimum atomic E-state index is -4.01. The molecule has 0 spiro atoms. The zero-order valence-electron chi connectivity index (χ0n) is 28.2. The van der Waals surface area contributed by atoms with Gasteiger partial charge in [-0.1, -0.05) is 57.2 Å². The van der Waals surface area contributed by atoms with Crippen LogP contribution >= 0.6 is 0 Å². The molecule has 4 N–H and O–H groups in total. The van der Waals surface area contributed by atoms with Gasteiger partial charge in [-0.25, -0.2) is 9.18 Å². The largest absolute Gasteiger partial charge is 0.368 e. The number of benzene rings is 2. The van der Waals surface area contributed by atoms with Crippen molar-refractivity contribution in [2.24, 2.45) is 0 Å². The van der Waals surface area contributed by atoms with Crippen molar-refractivity contribution in [3.63, 3.8) is 0 Å². The van der Waals surface area contributed by atoms with Crippen LogP contribution in [-0.4, -0.2) is 87.4 Å². The SMILES string of the molecule is C[C@@H](c1ccc(NC(=O)[Si](NC(=O)C(F)(F)c2cccc(C#N)c2)C2CCCCC2)c(F)c1)[C@@H](NC(=O)NC1CC1)C(=O)N1CCN(C)CC1. The molecule has 2 aromatic rings. The van der Waals surface area contributed by atoms with E-state index >= 15 is 13.2 Å². The summed E-state index contributed by atoms with van der Waals surface area (Å²) in [7, 11) is -0.731. The van der Waals surface area contributed by atoms with E-state index in [0.29, 0.717) is 44.6 Å². The van der Waals surface area contributed by atoms with Crippen LogP contribution in [0.1, 0.15) is 74.5 Å². The molecule has 0 aromatic heterocycles. The molecule has 0 unspecified atom stereocenters. The van der Waals surface area contributed by atoms with Crippen molar-refractivity contribution in [2.75, 3.05) is 38.5 Å². The second-order valence-corrected chi connectivity index (χ2v) is 15.8. The van der Waals surface area contributed by atoms with Gasteiger partial charge in [0.25, 0.3) is 14.9 Å². The van der Waals surface area contributed by atoms with Crippen LogP contribution in [0.2, 0.25) is 5.54 Å². The van der Waals surface area contributed by atoms with Crippen molar-refractivity contribution in [1.29, 1.82) is 5.26 Å². The first-order valence-electron chi connectivity index (χ1n) is 17.1. The van der Waals surface area contributed by atoms with Crippen LogP contribution < -0.4 is 20.9 Å². The van der Waals surface area contributed by atoms with Crippen molar-refractivity contribution in [1.82, 2.24) is 25.4 Å². The number of amides is 5. The maximum Gasteiger partial charge on any atom is 0.348 e. The quantitative estimate of drug-likeness (QED) is 0.248. The zero-order chi connectivity index (χ0) is 36.0. The molecule has 3 aliphatic rings. The van der Waals surface area contributed by atoms with Crippen molar-refractivity contribution >= 4 is 38.0 Å². The third kappa shape index (κ3) is 9.02. The second-order valence-electron chi connectivity index (χ2n) is 13.5. The lowest BCUT2D eigenvalue weighted by Crippen LogP contribution is -2.57. The highest BCUT2D eigenvalue weighted by Gasteiger charge is 2.45. The fourth-order valence-corrected chi connectivity index (χ4v) is 8.71. The molecule has 2 aliphatic carbocycles. The fourth-order valence-electron chi connectivity index (χ4n) is 6.37. The molecule has 5 amide bonds. The summed E-state index contributed by atoms with van der Waals surface area (Å²) in [5, 5.41) is 17.3. The molecule has 2 saturated carbocycles. The van der Waals surface area contributed by atoms with E-state index in [1.165, 1.54) is 24.3 Å². The molecule has 15 heteroatoms. The number of piperazine rings is 1. The number of likely N-dealkylation sites (N-methyl/N-ethyl adjacent to an activating group) is 1. The molecule has 1 radical (unpaired) electrons. The molecule has 1 heterocycles. The second kappa shape index (κ2) is 16.1. The minimum absolute atomic E-state index is 0.0360. The summed E-state index contributed by atoms with van der Waals surface area (Å²) in [5.74, 6) is -7.40. The Balaban J connectivity index is 1.32. The van der Waals surface area contributed by atoms with Crippen molar-refractivity contribution in [2.45, 2.75) is 81.3 Å². The van der Waals surface area contributed by atoms with Crippen molar-refractivity contribution in [3.8, 4) is 6.07 Å². The van der Waals surface area contributed by atoms with Gasteiger partial charge in [0.05, 0.1) is 17.3 Å². The number of rotatable bonds is 11. The molecular formula is C35H43F3N7O4Si. The molecule has 0 bridgehead atoms. The van der Waals surface area contributed by atoms with Gasteiger partial charge in [0.15, 0.2) is 0 Å². The molecule has 50 heavy (non-hydrogen) atoms. The molecule has 1 saturated heterocycles. The molecular weight excluding hydrogens is 668 g/mol. The van der Waals surface area contributed by atoms with E-state index in [0.717, 1.165) is 44.2 Å². The highest BCUT2D eigenvalue weighted by atomic mass is 28.3. The number of halogens is 3. The summed E-state index contributed by atoms with van der Waals surface area (Å²) >= 11 is 0. The van der Waals surface area contributed by atoms with E-state index in [1.807, 2.05) is 7.05 Å². The van der Waals surface area contributed by atoms with Gasteiger partial charge in [0.1, 0.15) is 11.9 Å². The van der Waals surface area contributed by atoms with E-state index in [1.54, 1.807) is 24.0 Å². The minimum Gasteiger partial charge on any atom is -0.368 e. The number of alkyl halides is 2. The number of urea groups is 1.